The highest BCUT2D eigenvalue weighted by molar-refractivity contribution is 5.43. The maximum Gasteiger partial charge on any atom is 0.146 e. The van der Waals surface area contributed by atoms with Gasteiger partial charge < -0.3 is 21.3 Å². The minimum atomic E-state index is -1.50. The van der Waals surface area contributed by atoms with E-state index in [1.165, 1.54) is 0 Å². The molecule has 0 aromatic heterocycles. The second kappa shape index (κ2) is 5.20. The van der Waals surface area contributed by atoms with Crippen molar-refractivity contribution in [3.05, 3.63) is 29.3 Å². The Hall–Kier alpha value is -1.24. The van der Waals surface area contributed by atoms with E-state index >= 15 is 0 Å². The van der Waals surface area contributed by atoms with Crippen LogP contribution in [-0.2, 0) is 0 Å². The largest absolute Gasteiger partial charge is 0.396 e. The number of hydrogen-bond acceptors (Lipinski definition) is 4. The van der Waals surface area contributed by atoms with Crippen LogP contribution in [0, 0.1) is 11.6 Å². The van der Waals surface area contributed by atoms with E-state index in [0.29, 0.717) is 0 Å². The van der Waals surface area contributed by atoms with Gasteiger partial charge in [0.2, 0.25) is 0 Å². The van der Waals surface area contributed by atoms with Crippen molar-refractivity contribution in [3.63, 3.8) is 0 Å². The summed E-state index contributed by atoms with van der Waals surface area (Å²) >= 11 is 0. The van der Waals surface area contributed by atoms with Gasteiger partial charge in [-0.1, -0.05) is 0 Å². The predicted molar refractivity (Wildman–Crippen MR) is 55.7 cm³/mol. The smallest absolute Gasteiger partial charge is 0.146 e. The molecule has 6 heteroatoms. The van der Waals surface area contributed by atoms with Crippen LogP contribution in [0.25, 0.3) is 0 Å². The Kier molecular flexibility index (Phi) is 4.17. The van der Waals surface area contributed by atoms with Gasteiger partial charge in [0.15, 0.2) is 0 Å². The number of halogens is 2. The third-order valence-corrected chi connectivity index (χ3v) is 2.21. The number of rotatable bonds is 4. The summed E-state index contributed by atoms with van der Waals surface area (Å²) in [5, 5.41) is 21.6. The minimum absolute atomic E-state index is 0.0621. The highest BCUT2D eigenvalue weighted by Crippen LogP contribution is 2.24. The summed E-state index contributed by atoms with van der Waals surface area (Å²) < 4.78 is 26.4. The summed E-state index contributed by atoms with van der Waals surface area (Å²) in [6, 6.07) is 1.56. The van der Waals surface area contributed by atoms with Crippen molar-refractivity contribution in [1.82, 2.24) is 5.32 Å². The fourth-order valence-corrected chi connectivity index (χ4v) is 1.33. The highest BCUT2D eigenvalue weighted by Gasteiger charge is 2.22. The first-order valence-corrected chi connectivity index (χ1v) is 4.72. The molecule has 0 aliphatic carbocycles. The molecule has 0 aliphatic heterocycles. The van der Waals surface area contributed by atoms with Crippen molar-refractivity contribution in [2.24, 2.45) is 0 Å². The monoisotopic (exact) mass is 232 g/mol. The molecule has 0 fully saturated rings. The standard InChI is InChI=1S/C10H14F2N2O2/c1-14-4-9(15)10(16)5-2-7(12)8(13)3-6(5)11/h2-3,9-10,14-16H,4,13H2,1H3. The third kappa shape index (κ3) is 2.66. The van der Waals surface area contributed by atoms with E-state index in [4.69, 9.17) is 5.73 Å². The molecule has 16 heavy (non-hydrogen) atoms. The quantitative estimate of drug-likeness (QED) is 0.558. The molecule has 1 rings (SSSR count). The number of aliphatic hydroxyl groups excluding tert-OH is 2. The van der Waals surface area contributed by atoms with Gasteiger partial charge in [0, 0.05) is 18.2 Å². The number of nitrogens with one attached hydrogen (secondary N) is 1. The maximum absolute atomic E-state index is 13.3. The van der Waals surface area contributed by atoms with Gasteiger partial charge in [-0.2, -0.15) is 0 Å². The molecule has 2 atom stereocenters. The number of nitrogens with two attached hydrogens (primary N) is 1. The predicted octanol–water partition coefficient (Wildman–Crippen LogP) is 0.161. The van der Waals surface area contributed by atoms with E-state index in [1.807, 2.05) is 0 Å². The lowest BCUT2D eigenvalue weighted by molar-refractivity contribution is 0.0180. The van der Waals surface area contributed by atoms with Crippen molar-refractivity contribution < 1.29 is 19.0 Å². The van der Waals surface area contributed by atoms with Gasteiger partial charge in [-0.25, -0.2) is 8.78 Å². The Labute approximate surface area is 91.7 Å². The number of hydrogen-bond donors (Lipinski definition) is 4. The van der Waals surface area contributed by atoms with E-state index in [2.05, 4.69) is 5.32 Å². The minimum Gasteiger partial charge on any atom is -0.396 e. The van der Waals surface area contributed by atoms with Crippen LogP contribution in [0.4, 0.5) is 14.5 Å². The number of anilines is 1. The van der Waals surface area contributed by atoms with Crippen LogP contribution in [0.5, 0.6) is 0 Å². The van der Waals surface area contributed by atoms with Crippen LogP contribution < -0.4 is 11.1 Å². The zero-order valence-corrected chi connectivity index (χ0v) is 8.74. The van der Waals surface area contributed by atoms with Crippen molar-refractivity contribution >= 4 is 5.69 Å². The molecular formula is C10H14F2N2O2. The van der Waals surface area contributed by atoms with Crippen LogP contribution in [-0.4, -0.2) is 29.9 Å². The van der Waals surface area contributed by atoms with Crippen molar-refractivity contribution in [1.29, 1.82) is 0 Å². The van der Waals surface area contributed by atoms with E-state index < -0.39 is 23.8 Å². The van der Waals surface area contributed by atoms with Crippen molar-refractivity contribution in [2.45, 2.75) is 12.2 Å². The molecule has 5 N–H and O–H groups in total. The van der Waals surface area contributed by atoms with Crippen LogP contribution in [0.2, 0.25) is 0 Å². The molecule has 1 aromatic carbocycles. The first-order valence-electron chi connectivity index (χ1n) is 4.72. The van der Waals surface area contributed by atoms with Gasteiger partial charge in [0.25, 0.3) is 0 Å². The summed E-state index contributed by atoms with van der Waals surface area (Å²) in [5.41, 5.74) is 4.51. The van der Waals surface area contributed by atoms with Crippen LogP contribution in [0.3, 0.4) is 0 Å². The third-order valence-electron chi connectivity index (χ3n) is 2.21. The average Bonchev–Trinajstić information content (AvgIpc) is 2.23. The lowest BCUT2D eigenvalue weighted by Gasteiger charge is -2.18. The Balaban J connectivity index is 2.99. The zero-order valence-electron chi connectivity index (χ0n) is 8.74. The van der Waals surface area contributed by atoms with Crippen LogP contribution >= 0.6 is 0 Å². The summed E-state index contributed by atoms with van der Waals surface area (Å²) in [6.45, 7) is 0.0621. The Morgan fingerprint density at radius 3 is 2.50 bits per heavy atom. The Bertz CT molecular complexity index is 374. The van der Waals surface area contributed by atoms with Crippen molar-refractivity contribution in [3.8, 4) is 0 Å². The van der Waals surface area contributed by atoms with Gasteiger partial charge in [0.1, 0.15) is 17.7 Å². The highest BCUT2D eigenvalue weighted by atomic mass is 19.1. The van der Waals surface area contributed by atoms with Gasteiger partial charge in [-0.3, -0.25) is 0 Å². The van der Waals surface area contributed by atoms with Gasteiger partial charge in [-0.15, -0.1) is 0 Å². The fraction of sp³-hybridized carbons (Fsp3) is 0.400. The number of aliphatic hydroxyl groups is 2. The molecule has 0 bridgehead atoms. The van der Waals surface area contributed by atoms with Gasteiger partial charge in [-0.05, 0) is 13.1 Å². The molecule has 0 aliphatic rings. The second-order valence-corrected chi connectivity index (χ2v) is 3.47. The number of nitrogen functional groups attached to an aromatic ring is 1. The lowest BCUT2D eigenvalue weighted by Crippen LogP contribution is -2.30. The van der Waals surface area contributed by atoms with Gasteiger partial charge >= 0.3 is 0 Å². The molecule has 0 saturated heterocycles. The molecule has 0 saturated carbocycles. The lowest BCUT2D eigenvalue weighted by atomic mass is 10.0. The molecule has 0 amide bonds. The molecule has 2 unspecified atom stereocenters. The number of likely N-dealkylation sites (N-methyl/N-ethyl adjacent to an activating group) is 1. The second-order valence-electron chi connectivity index (χ2n) is 3.47. The molecule has 1 aromatic rings. The first-order chi connectivity index (χ1) is 7.47. The molecule has 0 spiro atoms. The molecular weight excluding hydrogens is 218 g/mol. The number of benzene rings is 1. The average molecular weight is 232 g/mol. The Morgan fingerprint density at radius 1 is 1.31 bits per heavy atom. The van der Waals surface area contributed by atoms with Crippen LogP contribution in [0.1, 0.15) is 11.7 Å². The van der Waals surface area contributed by atoms with Crippen LogP contribution in [0.15, 0.2) is 12.1 Å². The van der Waals surface area contributed by atoms with Crippen molar-refractivity contribution in [2.75, 3.05) is 19.3 Å². The molecule has 90 valence electrons. The molecule has 0 heterocycles. The molecule has 0 radical (unpaired) electrons. The summed E-state index contributed by atoms with van der Waals surface area (Å²) in [4.78, 5) is 0. The Morgan fingerprint density at radius 2 is 1.94 bits per heavy atom. The SMILES string of the molecule is CNCC(O)C(O)c1cc(F)c(N)cc1F. The van der Waals surface area contributed by atoms with E-state index in [0.717, 1.165) is 12.1 Å². The van der Waals surface area contributed by atoms with E-state index in [9.17, 15) is 19.0 Å². The fourth-order valence-electron chi connectivity index (χ4n) is 1.33. The molecule has 4 nitrogen and oxygen atoms in total. The summed E-state index contributed by atoms with van der Waals surface area (Å²) in [6.07, 6.45) is -2.72. The van der Waals surface area contributed by atoms with E-state index in [-0.39, 0.29) is 17.8 Å². The van der Waals surface area contributed by atoms with E-state index in [1.54, 1.807) is 7.05 Å². The maximum atomic E-state index is 13.3. The topological polar surface area (TPSA) is 78.5 Å². The first kappa shape index (κ1) is 12.8. The summed E-state index contributed by atoms with van der Waals surface area (Å²) in [7, 11) is 1.57. The normalized spacial score (nSPS) is 14.8. The summed E-state index contributed by atoms with van der Waals surface area (Å²) in [5.74, 6) is -1.67. The van der Waals surface area contributed by atoms with Gasteiger partial charge in [0.05, 0.1) is 11.8 Å². The zero-order chi connectivity index (χ0) is 12.3.